The van der Waals surface area contributed by atoms with E-state index in [0.29, 0.717) is 13.0 Å². The SMILES string of the molecule is C[C@@H](NCC1CCC(C(=O)O)O1)c1ccccc1Br. The molecule has 0 spiro atoms. The van der Waals surface area contributed by atoms with Crippen LogP contribution in [-0.4, -0.2) is 29.8 Å². The van der Waals surface area contributed by atoms with Gasteiger partial charge in [0, 0.05) is 17.1 Å². The lowest BCUT2D eigenvalue weighted by atomic mass is 10.1. The topological polar surface area (TPSA) is 58.6 Å². The van der Waals surface area contributed by atoms with Gasteiger partial charge in [-0.05, 0) is 31.4 Å². The fourth-order valence-electron chi connectivity index (χ4n) is 2.28. The number of aliphatic carboxylic acids is 1. The second-order valence-corrected chi connectivity index (χ2v) is 5.67. The van der Waals surface area contributed by atoms with Crippen molar-refractivity contribution in [3.63, 3.8) is 0 Å². The maximum atomic E-state index is 10.8. The highest BCUT2D eigenvalue weighted by Crippen LogP contribution is 2.24. The van der Waals surface area contributed by atoms with Gasteiger partial charge in [-0.3, -0.25) is 0 Å². The van der Waals surface area contributed by atoms with Crippen molar-refractivity contribution in [1.82, 2.24) is 5.32 Å². The largest absolute Gasteiger partial charge is 0.479 e. The van der Waals surface area contributed by atoms with Gasteiger partial charge in [0.1, 0.15) is 0 Å². The third-order valence-corrected chi connectivity index (χ3v) is 4.13. The minimum atomic E-state index is -0.860. The van der Waals surface area contributed by atoms with Crippen LogP contribution in [-0.2, 0) is 9.53 Å². The molecule has 2 rings (SSSR count). The molecule has 0 aromatic heterocycles. The molecule has 0 aliphatic carbocycles. The standard InChI is InChI=1S/C14H18BrNO3/c1-9(11-4-2-3-5-12(11)15)16-8-10-6-7-13(19-10)14(17)18/h2-5,9-10,13,16H,6-8H2,1H3,(H,17,18)/t9-,10?,13?/m1/s1. The highest BCUT2D eigenvalue weighted by molar-refractivity contribution is 9.10. The van der Waals surface area contributed by atoms with Gasteiger partial charge >= 0.3 is 5.97 Å². The van der Waals surface area contributed by atoms with Crippen LogP contribution in [0.4, 0.5) is 0 Å². The Morgan fingerprint density at radius 3 is 2.89 bits per heavy atom. The van der Waals surface area contributed by atoms with Gasteiger partial charge in [0.2, 0.25) is 0 Å². The van der Waals surface area contributed by atoms with Crippen molar-refractivity contribution in [2.75, 3.05) is 6.54 Å². The molecular formula is C14H18BrNO3. The predicted molar refractivity (Wildman–Crippen MR) is 76.1 cm³/mol. The monoisotopic (exact) mass is 327 g/mol. The van der Waals surface area contributed by atoms with E-state index < -0.39 is 12.1 Å². The summed E-state index contributed by atoms with van der Waals surface area (Å²) in [6, 6.07) is 8.27. The third-order valence-electron chi connectivity index (χ3n) is 3.41. The molecule has 2 N–H and O–H groups in total. The van der Waals surface area contributed by atoms with Gasteiger partial charge in [-0.2, -0.15) is 0 Å². The van der Waals surface area contributed by atoms with Crippen molar-refractivity contribution in [3.8, 4) is 0 Å². The van der Waals surface area contributed by atoms with Crippen molar-refractivity contribution in [3.05, 3.63) is 34.3 Å². The molecule has 19 heavy (non-hydrogen) atoms. The number of halogens is 1. The van der Waals surface area contributed by atoms with E-state index >= 15 is 0 Å². The van der Waals surface area contributed by atoms with Crippen LogP contribution in [0.2, 0.25) is 0 Å². The van der Waals surface area contributed by atoms with Crippen LogP contribution < -0.4 is 5.32 Å². The molecule has 0 amide bonds. The van der Waals surface area contributed by atoms with E-state index in [0.717, 1.165) is 10.9 Å². The van der Waals surface area contributed by atoms with E-state index in [1.165, 1.54) is 5.56 Å². The van der Waals surface area contributed by atoms with E-state index in [1.54, 1.807) is 0 Å². The lowest BCUT2D eigenvalue weighted by Crippen LogP contribution is -2.30. The van der Waals surface area contributed by atoms with Crippen LogP contribution in [0.15, 0.2) is 28.7 Å². The van der Waals surface area contributed by atoms with Gasteiger partial charge in [-0.1, -0.05) is 34.1 Å². The zero-order valence-corrected chi connectivity index (χ0v) is 12.4. The number of nitrogens with one attached hydrogen (secondary N) is 1. The molecule has 1 aliphatic rings. The number of benzene rings is 1. The summed E-state index contributed by atoms with van der Waals surface area (Å²) in [5, 5.41) is 12.3. The zero-order chi connectivity index (χ0) is 13.8. The van der Waals surface area contributed by atoms with E-state index in [9.17, 15) is 4.79 Å². The molecule has 1 fully saturated rings. The summed E-state index contributed by atoms with van der Waals surface area (Å²) in [7, 11) is 0. The number of hydrogen-bond donors (Lipinski definition) is 2. The molecule has 0 saturated carbocycles. The molecule has 1 aromatic carbocycles. The first-order valence-corrected chi connectivity index (χ1v) is 7.23. The Morgan fingerprint density at radius 2 is 2.26 bits per heavy atom. The van der Waals surface area contributed by atoms with Crippen LogP contribution in [0.5, 0.6) is 0 Å². The Hall–Kier alpha value is -0.910. The van der Waals surface area contributed by atoms with Gasteiger partial charge < -0.3 is 15.2 Å². The number of carboxylic acid groups (broad SMARTS) is 1. The maximum absolute atomic E-state index is 10.8. The summed E-state index contributed by atoms with van der Waals surface area (Å²) >= 11 is 3.53. The molecule has 4 nitrogen and oxygen atoms in total. The van der Waals surface area contributed by atoms with Gasteiger partial charge in [-0.25, -0.2) is 4.79 Å². The fourth-order valence-corrected chi connectivity index (χ4v) is 2.91. The summed E-state index contributed by atoms with van der Waals surface area (Å²) in [5.74, 6) is -0.860. The highest BCUT2D eigenvalue weighted by atomic mass is 79.9. The summed E-state index contributed by atoms with van der Waals surface area (Å²) < 4.78 is 6.54. The first-order chi connectivity index (χ1) is 9.08. The predicted octanol–water partition coefficient (Wildman–Crippen LogP) is 2.73. The average molecular weight is 328 g/mol. The lowest BCUT2D eigenvalue weighted by molar-refractivity contribution is -0.149. The number of ether oxygens (including phenoxy) is 1. The van der Waals surface area contributed by atoms with Crippen molar-refractivity contribution >= 4 is 21.9 Å². The number of hydrogen-bond acceptors (Lipinski definition) is 3. The summed E-state index contributed by atoms with van der Waals surface area (Å²) in [6.07, 6.45) is 0.759. The Kier molecular flexibility index (Phi) is 4.96. The molecule has 1 heterocycles. The minimum Gasteiger partial charge on any atom is -0.479 e. The summed E-state index contributed by atoms with van der Waals surface area (Å²) in [6.45, 7) is 2.76. The van der Waals surface area contributed by atoms with Crippen molar-refractivity contribution in [2.45, 2.75) is 38.0 Å². The molecule has 2 unspecified atom stereocenters. The molecule has 1 aromatic rings. The number of carbonyl (C=O) groups is 1. The van der Waals surface area contributed by atoms with Gasteiger partial charge in [0.25, 0.3) is 0 Å². The molecular weight excluding hydrogens is 310 g/mol. The third kappa shape index (κ3) is 3.78. The molecule has 5 heteroatoms. The Morgan fingerprint density at radius 1 is 1.53 bits per heavy atom. The van der Waals surface area contributed by atoms with E-state index in [-0.39, 0.29) is 12.1 Å². The van der Waals surface area contributed by atoms with Crippen molar-refractivity contribution in [1.29, 1.82) is 0 Å². The number of rotatable bonds is 5. The van der Waals surface area contributed by atoms with Crippen LogP contribution >= 0.6 is 15.9 Å². The second kappa shape index (κ2) is 6.50. The van der Waals surface area contributed by atoms with Gasteiger partial charge in [0.05, 0.1) is 6.10 Å². The second-order valence-electron chi connectivity index (χ2n) is 4.81. The van der Waals surface area contributed by atoms with E-state index in [2.05, 4.69) is 34.2 Å². The Balaban J connectivity index is 1.83. The zero-order valence-electron chi connectivity index (χ0n) is 10.8. The fraction of sp³-hybridized carbons (Fsp3) is 0.500. The number of carboxylic acids is 1. The van der Waals surface area contributed by atoms with Crippen LogP contribution in [0.25, 0.3) is 0 Å². The molecule has 0 radical (unpaired) electrons. The first kappa shape index (κ1) is 14.5. The minimum absolute atomic E-state index is 0.00830. The average Bonchev–Trinajstić information content (AvgIpc) is 2.85. The summed E-state index contributed by atoms with van der Waals surface area (Å²) in [4.78, 5) is 10.8. The molecule has 0 bridgehead atoms. The Labute approximate surface area is 121 Å². The lowest BCUT2D eigenvalue weighted by Gasteiger charge is -2.18. The quantitative estimate of drug-likeness (QED) is 0.873. The van der Waals surface area contributed by atoms with Gasteiger partial charge in [0.15, 0.2) is 6.10 Å². The van der Waals surface area contributed by atoms with E-state index in [1.807, 2.05) is 18.2 Å². The molecule has 1 saturated heterocycles. The van der Waals surface area contributed by atoms with Crippen molar-refractivity contribution in [2.24, 2.45) is 0 Å². The normalized spacial score (nSPS) is 24.3. The van der Waals surface area contributed by atoms with Crippen LogP contribution in [0.3, 0.4) is 0 Å². The van der Waals surface area contributed by atoms with Gasteiger partial charge in [-0.15, -0.1) is 0 Å². The molecule has 3 atom stereocenters. The van der Waals surface area contributed by atoms with E-state index in [4.69, 9.17) is 9.84 Å². The first-order valence-electron chi connectivity index (χ1n) is 6.44. The highest BCUT2D eigenvalue weighted by Gasteiger charge is 2.30. The van der Waals surface area contributed by atoms with Crippen LogP contribution in [0.1, 0.15) is 31.4 Å². The van der Waals surface area contributed by atoms with Crippen LogP contribution in [0, 0.1) is 0 Å². The van der Waals surface area contributed by atoms with Crippen molar-refractivity contribution < 1.29 is 14.6 Å². The maximum Gasteiger partial charge on any atom is 0.332 e. The summed E-state index contributed by atoms with van der Waals surface area (Å²) in [5.41, 5.74) is 1.19. The molecule has 104 valence electrons. The smallest absolute Gasteiger partial charge is 0.332 e. The Bertz CT molecular complexity index is 452. The molecule has 1 aliphatic heterocycles.